The third-order valence-electron chi connectivity index (χ3n) is 4.50. The van der Waals surface area contributed by atoms with Crippen molar-refractivity contribution in [2.45, 2.75) is 32.2 Å². The van der Waals surface area contributed by atoms with E-state index >= 15 is 0 Å². The summed E-state index contributed by atoms with van der Waals surface area (Å²) in [6.07, 6.45) is 5.05. The Morgan fingerprint density at radius 1 is 1.24 bits per heavy atom. The molecule has 1 aromatic heterocycles. The van der Waals surface area contributed by atoms with Crippen LogP contribution in [-0.4, -0.2) is 37.0 Å². The summed E-state index contributed by atoms with van der Waals surface area (Å²) >= 11 is 0. The van der Waals surface area contributed by atoms with E-state index in [4.69, 9.17) is 9.15 Å². The molecule has 1 aromatic carbocycles. The summed E-state index contributed by atoms with van der Waals surface area (Å²) < 4.78 is 11.1. The first-order chi connectivity index (χ1) is 12.3. The molecule has 0 radical (unpaired) electrons. The second-order valence-electron chi connectivity index (χ2n) is 6.36. The monoisotopic (exact) mass is 342 g/mol. The van der Waals surface area contributed by atoms with Crippen LogP contribution in [0.25, 0.3) is 0 Å². The molecule has 0 saturated carbocycles. The highest BCUT2D eigenvalue weighted by atomic mass is 16.5. The van der Waals surface area contributed by atoms with Gasteiger partial charge in [-0.05, 0) is 68.8 Å². The molecule has 1 fully saturated rings. The molecule has 1 N–H and O–H groups in total. The van der Waals surface area contributed by atoms with Crippen LogP contribution >= 0.6 is 0 Å². The predicted molar refractivity (Wildman–Crippen MR) is 96.8 cm³/mol. The Labute approximate surface area is 149 Å². The summed E-state index contributed by atoms with van der Waals surface area (Å²) in [5.74, 6) is 1.63. The first kappa shape index (κ1) is 17.5. The predicted octanol–water partition coefficient (Wildman–Crippen LogP) is 3.64. The molecule has 1 atom stereocenters. The molecule has 5 heteroatoms. The molecular formula is C20H26N2O3. The number of rotatable bonds is 8. The van der Waals surface area contributed by atoms with Crippen molar-refractivity contribution in [2.75, 3.05) is 26.2 Å². The van der Waals surface area contributed by atoms with Gasteiger partial charge in [0, 0.05) is 12.1 Å². The van der Waals surface area contributed by atoms with Gasteiger partial charge in [0.05, 0.1) is 18.9 Å². The molecule has 5 nitrogen and oxygen atoms in total. The number of amides is 1. The van der Waals surface area contributed by atoms with Crippen molar-refractivity contribution >= 4 is 5.91 Å². The average molecular weight is 342 g/mol. The van der Waals surface area contributed by atoms with Crippen molar-refractivity contribution in [3.05, 3.63) is 54.0 Å². The van der Waals surface area contributed by atoms with Crippen molar-refractivity contribution in [3.8, 4) is 5.75 Å². The van der Waals surface area contributed by atoms with Crippen molar-refractivity contribution in [1.82, 2.24) is 10.2 Å². The van der Waals surface area contributed by atoms with Gasteiger partial charge in [-0.2, -0.15) is 0 Å². The van der Waals surface area contributed by atoms with E-state index in [1.807, 2.05) is 24.3 Å². The minimum Gasteiger partial charge on any atom is -0.494 e. The molecule has 0 aliphatic carbocycles. The largest absolute Gasteiger partial charge is 0.494 e. The van der Waals surface area contributed by atoms with Crippen LogP contribution in [-0.2, 0) is 0 Å². The smallest absolute Gasteiger partial charge is 0.251 e. The van der Waals surface area contributed by atoms with Gasteiger partial charge in [0.25, 0.3) is 5.91 Å². The number of likely N-dealkylation sites (tertiary alicyclic amines) is 1. The van der Waals surface area contributed by atoms with Crippen LogP contribution in [0.2, 0.25) is 0 Å². The zero-order valence-electron chi connectivity index (χ0n) is 14.7. The van der Waals surface area contributed by atoms with Gasteiger partial charge in [-0.1, -0.05) is 6.92 Å². The molecule has 25 heavy (non-hydrogen) atoms. The fourth-order valence-corrected chi connectivity index (χ4v) is 3.16. The Kier molecular flexibility index (Phi) is 6.12. The number of benzene rings is 1. The van der Waals surface area contributed by atoms with Crippen molar-refractivity contribution < 1.29 is 13.9 Å². The highest BCUT2D eigenvalue weighted by Gasteiger charge is 2.26. The number of ether oxygens (including phenoxy) is 1. The normalized spacial score (nSPS) is 15.9. The van der Waals surface area contributed by atoms with Crippen molar-refractivity contribution in [3.63, 3.8) is 0 Å². The standard InChI is InChI=1S/C20H26N2O3/c1-2-13-24-17-9-7-16(8-10-17)20(23)21-15-18(19-6-5-14-25-19)22-11-3-4-12-22/h5-10,14,18H,2-4,11-13,15H2,1H3,(H,21,23)/t18-/m0/s1. The van der Waals surface area contributed by atoms with Crippen molar-refractivity contribution in [2.24, 2.45) is 0 Å². The molecule has 1 aliphatic heterocycles. The summed E-state index contributed by atoms with van der Waals surface area (Å²) in [5, 5.41) is 3.05. The molecular weight excluding hydrogens is 316 g/mol. The fourth-order valence-electron chi connectivity index (χ4n) is 3.16. The number of hydrogen-bond donors (Lipinski definition) is 1. The minimum atomic E-state index is -0.0715. The van der Waals surface area contributed by atoms with Crippen LogP contribution in [0.3, 0.4) is 0 Å². The van der Waals surface area contributed by atoms with Gasteiger partial charge in [-0.3, -0.25) is 9.69 Å². The molecule has 0 unspecified atom stereocenters. The molecule has 1 amide bonds. The van der Waals surface area contributed by atoms with E-state index in [1.165, 1.54) is 12.8 Å². The number of carbonyl (C=O) groups is 1. The van der Waals surface area contributed by atoms with Crippen LogP contribution in [0.4, 0.5) is 0 Å². The molecule has 1 aliphatic rings. The first-order valence-electron chi connectivity index (χ1n) is 9.06. The number of carbonyl (C=O) groups excluding carboxylic acids is 1. The fraction of sp³-hybridized carbons (Fsp3) is 0.450. The van der Waals surface area contributed by atoms with Gasteiger partial charge < -0.3 is 14.5 Å². The molecule has 2 heterocycles. The van der Waals surface area contributed by atoms with Crippen LogP contribution < -0.4 is 10.1 Å². The lowest BCUT2D eigenvalue weighted by Crippen LogP contribution is -2.36. The molecule has 1 saturated heterocycles. The Bertz CT molecular complexity index is 646. The van der Waals surface area contributed by atoms with Crippen LogP contribution in [0.1, 0.15) is 48.3 Å². The number of furan rings is 1. The number of hydrogen-bond acceptors (Lipinski definition) is 4. The van der Waals surface area contributed by atoms with Crippen LogP contribution in [0.5, 0.6) is 5.75 Å². The number of nitrogens with zero attached hydrogens (tertiary/aromatic N) is 1. The summed E-state index contributed by atoms with van der Waals surface area (Å²) in [5.41, 5.74) is 0.642. The molecule has 0 spiro atoms. The zero-order chi connectivity index (χ0) is 17.5. The third-order valence-corrected chi connectivity index (χ3v) is 4.50. The van der Waals surface area contributed by atoms with E-state index < -0.39 is 0 Å². The van der Waals surface area contributed by atoms with E-state index in [2.05, 4.69) is 17.1 Å². The van der Waals surface area contributed by atoms with Crippen LogP contribution in [0, 0.1) is 0 Å². The third kappa shape index (κ3) is 4.63. The van der Waals surface area contributed by atoms with Gasteiger partial charge in [-0.15, -0.1) is 0 Å². The molecule has 0 bridgehead atoms. The van der Waals surface area contributed by atoms with E-state index in [0.29, 0.717) is 18.7 Å². The van der Waals surface area contributed by atoms with Gasteiger partial charge in [0.2, 0.25) is 0 Å². The van der Waals surface area contributed by atoms with Gasteiger partial charge >= 0.3 is 0 Å². The van der Waals surface area contributed by atoms with Crippen LogP contribution in [0.15, 0.2) is 47.1 Å². The number of nitrogens with one attached hydrogen (secondary N) is 1. The quantitative estimate of drug-likeness (QED) is 0.796. The Hall–Kier alpha value is -2.27. The highest BCUT2D eigenvalue weighted by Crippen LogP contribution is 2.25. The minimum absolute atomic E-state index is 0.0715. The molecule has 134 valence electrons. The lowest BCUT2D eigenvalue weighted by molar-refractivity contribution is 0.0933. The second-order valence-corrected chi connectivity index (χ2v) is 6.36. The molecule has 3 rings (SSSR count). The van der Waals surface area contributed by atoms with Gasteiger partial charge in [0.1, 0.15) is 11.5 Å². The van der Waals surface area contributed by atoms with Gasteiger partial charge in [-0.25, -0.2) is 0 Å². The first-order valence-corrected chi connectivity index (χ1v) is 9.06. The lowest BCUT2D eigenvalue weighted by atomic mass is 10.1. The topological polar surface area (TPSA) is 54.7 Å². The Morgan fingerprint density at radius 2 is 2.00 bits per heavy atom. The summed E-state index contributed by atoms with van der Waals surface area (Å²) in [6, 6.07) is 11.3. The summed E-state index contributed by atoms with van der Waals surface area (Å²) in [6.45, 7) is 5.39. The van der Waals surface area contributed by atoms with Gasteiger partial charge in [0.15, 0.2) is 0 Å². The maximum Gasteiger partial charge on any atom is 0.251 e. The van der Waals surface area contributed by atoms with E-state index in [1.54, 1.807) is 18.4 Å². The lowest BCUT2D eigenvalue weighted by Gasteiger charge is -2.26. The Balaban J connectivity index is 1.59. The van der Waals surface area contributed by atoms with E-state index in [-0.39, 0.29) is 11.9 Å². The Morgan fingerprint density at radius 3 is 2.64 bits per heavy atom. The second kappa shape index (κ2) is 8.72. The summed E-state index contributed by atoms with van der Waals surface area (Å²) in [7, 11) is 0. The van der Waals surface area contributed by atoms with E-state index in [9.17, 15) is 4.79 Å². The zero-order valence-corrected chi connectivity index (χ0v) is 14.7. The molecule has 2 aromatic rings. The maximum absolute atomic E-state index is 12.5. The maximum atomic E-state index is 12.5. The van der Waals surface area contributed by atoms with E-state index in [0.717, 1.165) is 31.0 Å². The SMILES string of the molecule is CCCOc1ccc(C(=O)NC[C@@H](c2ccco2)N2CCCC2)cc1. The van der Waals surface area contributed by atoms with Crippen molar-refractivity contribution in [1.29, 1.82) is 0 Å². The average Bonchev–Trinajstić information content (AvgIpc) is 3.35. The summed E-state index contributed by atoms with van der Waals surface area (Å²) in [4.78, 5) is 14.8. The highest BCUT2D eigenvalue weighted by molar-refractivity contribution is 5.94.